The van der Waals surface area contributed by atoms with Gasteiger partial charge < -0.3 is 0 Å². The molecule has 1 aliphatic heterocycles. The number of hydrogen-bond acceptors (Lipinski definition) is 4. The molecular formula is C16H10BrClN2O2S2. The fourth-order valence-electron chi connectivity index (χ4n) is 2.16. The maximum absolute atomic E-state index is 12.8. The van der Waals surface area contributed by atoms with Crippen molar-refractivity contribution < 1.29 is 9.59 Å². The Kier molecular flexibility index (Phi) is 4.87. The van der Waals surface area contributed by atoms with Crippen LogP contribution in [0.25, 0.3) is 6.08 Å². The Labute approximate surface area is 161 Å². The van der Waals surface area contributed by atoms with E-state index in [1.165, 1.54) is 16.2 Å². The van der Waals surface area contributed by atoms with Gasteiger partial charge in [-0.2, -0.15) is 0 Å². The summed E-state index contributed by atoms with van der Waals surface area (Å²) in [6, 6.07) is 7.02. The molecule has 2 heterocycles. The van der Waals surface area contributed by atoms with Crippen LogP contribution in [0.1, 0.15) is 10.4 Å². The van der Waals surface area contributed by atoms with Crippen LogP contribution in [-0.2, 0) is 9.59 Å². The van der Waals surface area contributed by atoms with E-state index in [0.717, 1.165) is 14.9 Å². The van der Waals surface area contributed by atoms with E-state index in [4.69, 9.17) is 23.8 Å². The third-order valence-electron chi connectivity index (χ3n) is 3.39. The molecule has 2 aromatic rings. The number of amides is 2. The lowest BCUT2D eigenvalue weighted by molar-refractivity contribution is -0.122. The van der Waals surface area contributed by atoms with Crippen molar-refractivity contribution in [2.45, 2.75) is 6.92 Å². The Morgan fingerprint density at radius 3 is 2.71 bits per heavy atom. The molecule has 2 amide bonds. The molecule has 4 nitrogen and oxygen atoms in total. The third-order valence-corrected chi connectivity index (χ3v) is 5.72. The number of carbonyl (C=O) groups is 2. The Morgan fingerprint density at radius 1 is 1.33 bits per heavy atom. The highest BCUT2D eigenvalue weighted by atomic mass is 79.9. The molecule has 1 N–H and O–H groups in total. The highest BCUT2D eigenvalue weighted by Gasteiger charge is 2.34. The van der Waals surface area contributed by atoms with Crippen molar-refractivity contribution in [3.05, 3.63) is 55.2 Å². The van der Waals surface area contributed by atoms with Crippen LogP contribution in [0.3, 0.4) is 0 Å². The Hall–Kier alpha value is -1.54. The summed E-state index contributed by atoms with van der Waals surface area (Å²) in [5.74, 6) is -0.989. The van der Waals surface area contributed by atoms with E-state index in [9.17, 15) is 9.59 Å². The van der Waals surface area contributed by atoms with Gasteiger partial charge in [0.2, 0.25) is 0 Å². The van der Waals surface area contributed by atoms with Gasteiger partial charge >= 0.3 is 0 Å². The van der Waals surface area contributed by atoms with E-state index < -0.39 is 11.8 Å². The van der Waals surface area contributed by atoms with Crippen molar-refractivity contribution in [2.24, 2.45) is 0 Å². The number of thiocarbonyl (C=S) groups is 1. The molecule has 0 bridgehead atoms. The average molecular weight is 442 g/mol. The lowest BCUT2D eigenvalue weighted by Crippen LogP contribution is -2.54. The van der Waals surface area contributed by atoms with Gasteiger partial charge in [-0.25, -0.2) is 0 Å². The van der Waals surface area contributed by atoms with Crippen molar-refractivity contribution in [3.63, 3.8) is 0 Å². The zero-order valence-electron chi connectivity index (χ0n) is 12.3. The standard InChI is InChI=1S/C16H10BrClN2O2S2/c1-8-2-3-10(5-13(8)18)20-15(22)12(14(21)19-16(20)23)6-11-4-9(17)7-24-11/h2-7H,1H3,(H,19,21,23)/b12-6+. The van der Waals surface area contributed by atoms with Gasteiger partial charge in [0.25, 0.3) is 11.8 Å². The van der Waals surface area contributed by atoms with E-state index in [1.807, 2.05) is 18.4 Å². The molecule has 0 atom stereocenters. The minimum atomic E-state index is -0.510. The number of anilines is 1. The predicted molar refractivity (Wildman–Crippen MR) is 104 cm³/mol. The first-order valence-corrected chi connectivity index (χ1v) is 9.24. The van der Waals surface area contributed by atoms with Crippen LogP contribution < -0.4 is 10.2 Å². The minimum absolute atomic E-state index is 0.0228. The topological polar surface area (TPSA) is 49.4 Å². The quantitative estimate of drug-likeness (QED) is 0.429. The lowest BCUT2D eigenvalue weighted by atomic mass is 10.1. The van der Waals surface area contributed by atoms with Crippen molar-refractivity contribution >= 4 is 79.8 Å². The van der Waals surface area contributed by atoms with Gasteiger partial charge in [-0.1, -0.05) is 17.7 Å². The number of aryl methyl sites for hydroxylation is 1. The second-order valence-electron chi connectivity index (χ2n) is 5.06. The molecule has 8 heteroatoms. The summed E-state index contributed by atoms with van der Waals surface area (Å²) in [6.07, 6.45) is 1.55. The van der Waals surface area contributed by atoms with Crippen molar-refractivity contribution in [1.29, 1.82) is 0 Å². The molecule has 1 aliphatic rings. The Bertz CT molecular complexity index is 907. The lowest BCUT2D eigenvalue weighted by Gasteiger charge is -2.29. The number of carbonyl (C=O) groups excluding carboxylic acids is 2. The van der Waals surface area contributed by atoms with Crippen LogP contribution in [0.2, 0.25) is 5.02 Å². The van der Waals surface area contributed by atoms with E-state index >= 15 is 0 Å². The van der Waals surface area contributed by atoms with Crippen molar-refractivity contribution in [2.75, 3.05) is 4.90 Å². The van der Waals surface area contributed by atoms with E-state index in [0.29, 0.717) is 10.7 Å². The fourth-order valence-corrected chi connectivity index (χ4v) is 3.99. The van der Waals surface area contributed by atoms with Crippen LogP contribution in [-0.4, -0.2) is 16.9 Å². The Balaban J connectivity index is 2.02. The van der Waals surface area contributed by atoms with Gasteiger partial charge in [0.05, 0.1) is 5.69 Å². The number of halogens is 2. The van der Waals surface area contributed by atoms with Crippen LogP contribution >= 0.6 is 51.1 Å². The monoisotopic (exact) mass is 440 g/mol. The first kappa shape index (κ1) is 17.3. The number of nitrogens with zero attached hydrogens (tertiary/aromatic N) is 1. The number of benzene rings is 1. The molecule has 24 heavy (non-hydrogen) atoms. The molecule has 1 fully saturated rings. The molecule has 1 aromatic carbocycles. The van der Waals surface area contributed by atoms with Crippen LogP contribution in [0.5, 0.6) is 0 Å². The molecule has 0 unspecified atom stereocenters. The summed E-state index contributed by atoms with van der Waals surface area (Å²) in [5.41, 5.74) is 1.42. The zero-order valence-corrected chi connectivity index (χ0v) is 16.3. The SMILES string of the molecule is Cc1ccc(N2C(=O)/C(=C/c3cc(Br)cs3)C(=O)NC2=S)cc1Cl. The third kappa shape index (κ3) is 3.30. The molecule has 1 aromatic heterocycles. The molecule has 0 spiro atoms. The normalized spacial score (nSPS) is 16.7. The molecule has 0 saturated carbocycles. The largest absolute Gasteiger partial charge is 0.298 e. The van der Waals surface area contributed by atoms with Crippen LogP contribution in [0.4, 0.5) is 5.69 Å². The van der Waals surface area contributed by atoms with E-state index in [2.05, 4.69) is 21.2 Å². The summed E-state index contributed by atoms with van der Waals surface area (Å²) >= 11 is 16.1. The molecule has 0 radical (unpaired) electrons. The number of rotatable bonds is 2. The molecule has 0 aliphatic carbocycles. The summed E-state index contributed by atoms with van der Waals surface area (Å²) < 4.78 is 0.890. The van der Waals surface area contributed by atoms with Crippen molar-refractivity contribution in [3.8, 4) is 0 Å². The minimum Gasteiger partial charge on any atom is -0.298 e. The first-order chi connectivity index (χ1) is 11.4. The molecular weight excluding hydrogens is 432 g/mol. The average Bonchev–Trinajstić information content (AvgIpc) is 2.92. The summed E-state index contributed by atoms with van der Waals surface area (Å²) in [7, 11) is 0. The number of nitrogens with one attached hydrogen (secondary N) is 1. The van der Waals surface area contributed by atoms with Gasteiger partial charge in [-0.3, -0.25) is 19.8 Å². The highest BCUT2D eigenvalue weighted by molar-refractivity contribution is 9.10. The Morgan fingerprint density at radius 2 is 2.08 bits per heavy atom. The summed E-state index contributed by atoms with van der Waals surface area (Å²) in [4.78, 5) is 27.1. The first-order valence-electron chi connectivity index (χ1n) is 6.78. The maximum atomic E-state index is 12.8. The van der Waals surface area contributed by atoms with Crippen LogP contribution in [0.15, 0.2) is 39.7 Å². The van der Waals surface area contributed by atoms with Crippen LogP contribution in [0, 0.1) is 6.92 Å². The zero-order chi connectivity index (χ0) is 17.4. The second-order valence-corrected chi connectivity index (χ2v) is 7.71. The number of hydrogen-bond donors (Lipinski definition) is 1. The van der Waals surface area contributed by atoms with Gasteiger partial charge in [0, 0.05) is 19.8 Å². The highest BCUT2D eigenvalue weighted by Crippen LogP contribution is 2.28. The summed E-state index contributed by atoms with van der Waals surface area (Å²) in [6.45, 7) is 1.87. The van der Waals surface area contributed by atoms with E-state index in [-0.39, 0.29) is 10.7 Å². The number of thiophene rings is 1. The van der Waals surface area contributed by atoms with E-state index in [1.54, 1.807) is 24.3 Å². The molecule has 3 rings (SSSR count). The van der Waals surface area contributed by atoms with Gasteiger partial charge in [-0.05, 0) is 64.9 Å². The smallest absolute Gasteiger partial charge is 0.270 e. The van der Waals surface area contributed by atoms with Gasteiger partial charge in [0.1, 0.15) is 5.57 Å². The molecule has 122 valence electrons. The fraction of sp³-hybridized carbons (Fsp3) is 0.0625. The summed E-state index contributed by atoms with van der Waals surface area (Å²) in [5, 5.41) is 4.98. The second kappa shape index (κ2) is 6.76. The van der Waals surface area contributed by atoms with Gasteiger partial charge in [0.15, 0.2) is 5.11 Å². The van der Waals surface area contributed by atoms with Gasteiger partial charge in [-0.15, -0.1) is 11.3 Å². The predicted octanol–water partition coefficient (Wildman–Crippen LogP) is 4.30. The molecule has 1 saturated heterocycles. The maximum Gasteiger partial charge on any atom is 0.270 e. The van der Waals surface area contributed by atoms with Crippen molar-refractivity contribution in [1.82, 2.24) is 5.32 Å².